The maximum Gasteiger partial charge on any atom is 0.0591 e. The van der Waals surface area contributed by atoms with Crippen LogP contribution in [0.3, 0.4) is 0 Å². The minimum absolute atomic E-state index is 0.0483. The average Bonchev–Trinajstić information content (AvgIpc) is 2.27. The van der Waals surface area contributed by atoms with Crippen molar-refractivity contribution < 1.29 is 5.11 Å². The van der Waals surface area contributed by atoms with E-state index in [-0.39, 0.29) is 6.10 Å². The number of hydrogen-bond acceptors (Lipinski definition) is 1. The predicted octanol–water partition coefficient (Wildman–Crippen LogP) is 3.61. The summed E-state index contributed by atoms with van der Waals surface area (Å²) in [4.78, 5) is 0. The van der Waals surface area contributed by atoms with Crippen LogP contribution in [0.4, 0.5) is 0 Å². The zero-order valence-electron chi connectivity index (χ0n) is 10.3. The Morgan fingerprint density at radius 1 is 0.933 bits per heavy atom. The molecule has 88 valence electrons. The van der Waals surface area contributed by atoms with Crippen LogP contribution in [-0.4, -0.2) is 11.2 Å². The third-order valence-corrected chi connectivity index (χ3v) is 4.75. The van der Waals surface area contributed by atoms with Gasteiger partial charge < -0.3 is 5.11 Å². The van der Waals surface area contributed by atoms with Crippen LogP contribution >= 0.6 is 0 Å². The number of fused-ring (bicyclic) bond motifs is 1. The van der Waals surface area contributed by atoms with E-state index in [0.717, 1.165) is 11.8 Å². The first-order valence-electron chi connectivity index (χ1n) is 6.86. The van der Waals surface area contributed by atoms with Crippen LogP contribution < -0.4 is 0 Å². The summed E-state index contributed by atoms with van der Waals surface area (Å²) in [7, 11) is 0. The van der Waals surface area contributed by atoms with E-state index < -0.39 is 0 Å². The van der Waals surface area contributed by atoms with Gasteiger partial charge in [0.2, 0.25) is 0 Å². The van der Waals surface area contributed by atoms with Crippen LogP contribution in [0, 0.1) is 23.7 Å². The second kappa shape index (κ2) is 4.86. The summed E-state index contributed by atoms with van der Waals surface area (Å²) in [6.07, 6.45) is 9.72. The van der Waals surface area contributed by atoms with Crippen molar-refractivity contribution in [3.8, 4) is 0 Å². The fraction of sp³-hybridized carbons (Fsp3) is 1.00. The van der Waals surface area contributed by atoms with Crippen LogP contribution in [0.15, 0.2) is 0 Å². The predicted molar refractivity (Wildman–Crippen MR) is 63.6 cm³/mol. The molecule has 2 saturated carbocycles. The summed E-state index contributed by atoms with van der Waals surface area (Å²) in [6.45, 7) is 4.30. The molecular formula is C14H26O. The molecule has 0 aromatic carbocycles. The van der Waals surface area contributed by atoms with E-state index in [2.05, 4.69) is 13.8 Å². The Morgan fingerprint density at radius 2 is 1.60 bits per heavy atom. The first-order valence-corrected chi connectivity index (χ1v) is 6.86. The molecule has 0 radical (unpaired) electrons. The molecule has 2 aliphatic carbocycles. The molecule has 4 unspecified atom stereocenters. The van der Waals surface area contributed by atoms with Gasteiger partial charge in [-0.15, -0.1) is 0 Å². The summed E-state index contributed by atoms with van der Waals surface area (Å²) in [5.74, 6) is 3.00. The lowest BCUT2D eigenvalue weighted by molar-refractivity contribution is 0.0101. The average molecular weight is 210 g/mol. The summed E-state index contributed by atoms with van der Waals surface area (Å²) < 4.78 is 0. The molecule has 1 N–H and O–H groups in total. The molecule has 1 nitrogen and oxygen atoms in total. The third kappa shape index (κ3) is 2.55. The minimum Gasteiger partial charge on any atom is -0.393 e. The van der Waals surface area contributed by atoms with Gasteiger partial charge in [-0.1, -0.05) is 39.5 Å². The quantitative estimate of drug-likeness (QED) is 0.738. The van der Waals surface area contributed by atoms with Gasteiger partial charge in [-0.2, -0.15) is 0 Å². The van der Waals surface area contributed by atoms with E-state index in [0.29, 0.717) is 11.8 Å². The zero-order valence-corrected chi connectivity index (χ0v) is 10.3. The molecular weight excluding hydrogens is 184 g/mol. The fourth-order valence-corrected chi connectivity index (χ4v) is 3.76. The molecule has 2 aliphatic rings. The van der Waals surface area contributed by atoms with E-state index in [4.69, 9.17) is 0 Å². The summed E-state index contributed by atoms with van der Waals surface area (Å²) in [5, 5.41) is 10.1. The highest BCUT2D eigenvalue weighted by Crippen LogP contribution is 2.44. The van der Waals surface area contributed by atoms with Crippen LogP contribution in [0.2, 0.25) is 0 Å². The second-order valence-corrected chi connectivity index (χ2v) is 6.11. The van der Waals surface area contributed by atoms with Crippen molar-refractivity contribution in [1.29, 1.82) is 0 Å². The highest BCUT2D eigenvalue weighted by Gasteiger charge is 2.35. The van der Waals surface area contributed by atoms with Crippen molar-refractivity contribution in [3.05, 3.63) is 0 Å². The van der Waals surface area contributed by atoms with Gasteiger partial charge in [0.1, 0.15) is 0 Å². The molecule has 0 spiro atoms. The van der Waals surface area contributed by atoms with Crippen molar-refractivity contribution >= 4 is 0 Å². The largest absolute Gasteiger partial charge is 0.393 e. The molecule has 0 aromatic rings. The molecule has 4 atom stereocenters. The Labute approximate surface area is 94.3 Å². The molecule has 0 aromatic heterocycles. The van der Waals surface area contributed by atoms with E-state index >= 15 is 0 Å². The lowest BCUT2D eigenvalue weighted by Crippen LogP contribution is -2.35. The van der Waals surface area contributed by atoms with E-state index in [1.807, 2.05) is 0 Å². The molecule has 2 rings (SSSR count). The lowest BCUT2D eigenvalue weighted by Gasteiger charge is -2.41. The molecule has 0 heterocycles. The lowest BCUT2D eigenvalue weighted by atomic mass is 9.65. The molecule has 0 bridgehead atoms. The zero-order chi connectivity index (χ0) is 10.8. The number of aliphatic hydroxyl groups is 1. The van der Waals surface area contributed by atoms with Crippen LogP contribution in [0.25, 0.3) is 0 Å². The SMILES string of the molecule is CC(C)C(O)C1CCC2CCCCC2C1. The Hall–Kier alpha value is -0.0400. The standard InChI is InChI=1S/C14H26O/c1-10(2)14(15)13-8-7-11-5-3-4-6-12(11)9-13/h10-15H,3-9H2,1-2H3. The van der Waals surface area contributed by atoms with Gasteiger partial charge in [0, 0.05) is 0 Å². The normalized spacial score (nSPS) is 38.8. The smallest absolute Gasteiger partial charge is 0.0591 e. The summed E-state index contributed by atoms with van der Waals surface area (Å²) >= 11 is 0. The summed E-state index contributed by atoms with van der Waals surface area (Å²) in [6, 6.07) is 0. The van der Waals surface area contributed by atoms with E-state index in [1.54, 1.807) is 0 Å². The van der Waals surface area contributed by atoms with Crippen molar-refractivity contribution in [2.24, 2.45) is 23.7 Å². The Morgan fingerprint density at radius 3 is 2.27 bits per heavy atom. The third-order valence-electron chi connectivity index (χ3n) is 4.75. The maximum atomic E-state index is 10.1. The van der Waals surface area contributed by atoms with Crippen LogP contribution in [-0.2, 0) is 0 Å². The molecule has 0 amide bonds. The molecule has 1 heteroatoms. The van der Waals surface area contributed by atoms with E-state index in [9.17, 15) is 5.11 Å². The highest BCUT2D eigenvalue weighted by molar-refractivity contribution is 4.86. The molecule has 15 heavy (non-hydrogen) atoms. The van der Waals surface area contributed by atoms with Crippen molar-refractivity contribution in [2.75, 3.05) is 0 Å². The number of hydrogen-bond donors (Lipinski definition) is 1. The number of rotatable bonds is 2. The fourth-order valence-electron chi connectivity index (χ4n) is 3.76. The highest BCUT2D eigenvalue weighted by atomic mass is 16.3. The van der Waals surface area contributed by atoms with Gasteiger partial charge in [-0.3, -0.25) is 0 Å². The first kappa shape index (κ1) is 11.4. The molecule has 0 saturated heterocycles. The monoisotopic (exact) mass is 210 g/mol. The first-order chi connectivity index (χ1) is 7.18. The molecule has 0 aliphatic heterocycles. The maximum absolute atomic E-state index is 10.1. The van der Waals surface area contributed by atoms with Gasteiger partial charge in [-0.25, -0.2) is 0 Å². The van der Waals surface area contributed by atoms with Crippen molar-refractivity contribution in [2.45, 2.75) is 64.9 Å². The van der Waals surface area contributed by atoms with Crippen molar-refractivity contribution in [3.63, 3.8) is 0 Å². The van der Waals surface area contributed by atoms with Gasteiger partial charge in [0.25, 0.3) is 0 Å². The van der Waals surface area contributed by atoms with Gasteiger partial charge in [0.05, 0.1) is 6.10 Å². The Kier molecular flexibility index (Phi) is 3.71. The topological polar surface area (TPSA) is 20.2 Å². The van der Waals surface area contributed by atoms with Crippen molar-refractivity contribution in [1.82, 2.24) is 0 Å². The second-order valence-electron chi connectivity index (χ2n) is 6.11. The van der Waals surface area contributed by atoms with Crippen LogP contribution in [0.5, 0.6) is 0 Å². The van der Waals surface area contributed by atoms with Gasteiger partial charge in [0.15, 0.2) is 0 Å². The van der Waals surface area contributed by atoms with Crippen LogP contribution in [0.1, 0.15) is 58.8 Å². The summed E-state index contributed by atoms with van der Waals surface area (Å²) in [5.41, 5.74) is 0. The van der Waals surface area contributed by atoms with Gasteiger partial charge >= 0.3 is 0 Å². The number of aliphatic hydroxyl groups excluding tert-OH is 1. The molecule has 2 fully saturated rings. The minimum atomic E-state index is -0.0483. The van der Waals surface area contributed by atoms with Gasteiger partial charge in [-0.05, 0) is 42.9 Å². The Balaban J connectivity index is 1.90. The van der Waals surface area contributed by atoms with E-state index in [1.165, 1.54) is 44.9 Å². The Bertz CT molecular complexity index is 200.